The summed E-state index contributed by atoms with van der Waals surface area (Å²) >= 11 is 0. The second kappa shape index (κ2) is 5.85. The van der Waals surface area contributed by atoms with E-state index in [2.05, 4.69) is 31.3 Å². The van der Waals surface area contributed by atoms with Gasteiger partial charge in [0, 0.05) is 12.2 Å². The molecule has 0 aromatic carbocycles. The van der Waals surface area contributed by atoms with Crippen molar-refractivity contribution in [1.82, 2.24) is 5.32 Å². The van der Waals surface area contributed by atoms with Crippen LogP contribution in [0, 0.1) is 0 Å². The van der Waals surface area contributed by atoms with Gasteiger partial charge >= 0.3 is 0 Å². The molecular weight excluding hydrogens is 158 g/mol. The molecule has 0 bridgehead atoms. The van der Waals surface area contributed by atoms with Gasteiger partial charge in [0.25, 0.3) is 0 Å². The minimum atomic E-state index is 1.14. The molecule has 0 amide bonds. The van der Waals surface area contributed by atoms with Crippen LogP contribution < -0.4 is 5.32 Å². The zero-order valence-corrected chi connectivity index (χ0v) is 8.90. The lowest BCUT2D eigenvalue weighted by atomic mass is 9.99. The van der Waals surface area contributed by atoms with E-state index in [0.29, 0.717) is 0 Å². The van der Waals surface area contributed by atoms with Crippen molar-refractivity contribution in [2.45, 2.75) is 46.0 Å². The van der Waals surface area contributed by atoms with Gasteiger partial charge in [-0.1, -0.05) is 25.0 Å². The van der Waals surface area contributed by atoms with Gasteiger partial charge in [0.1, 0.15) is 0 Å². The Hall–Kier alpha value is -0.720. The SMILES string of the molecule is C/C=C1\C=C(NCCCC)CCC1. The maximum Gasteiger partial charge on any atom is 0.0143 e. The fourth-order valence-corrected chi connectivity index (χ4v) is 1.64. The van der Waals surface area contributed by atoms with Crippen molar-refractivity contribution in [2.24, 2.45) is 0 Å². The molecule has 0 aromatic heterocycles. The molecule has 1 aliphatic rings. The van der Waals surface area contributed by atoms with Gasteiger partial charge in [-0.3, -0.25) is 0 Å². The quantitative estimate of drug-likeness (QED) is 0.652. The first-order valence-electron chi connectivity index (χ1n) is 5.46. The van der Waals surface area contributed by atoms with Crippen LogP contribution in [0.15, 0.2) is 23.4 Å². The van der Waals surface area contributed by atoms with Gasteiger partial charge in [-0.25, -0.2) is 0 Å². The van der Waals surface area contributed by atoms with Gasteiger partial charge in [0.15, 0.2) is 0 Å². The summed E-state index contributed by atoms with van der Waals surface area (Å²) in [6.07, 6.45) is 10.9. The molecule has 1 rings (SSSR count). The van der Waals surface area contributed by atoms with E-state index in [1.807, 2.05) is 0 Å². The van der Waals surface area contributed by atoms with E-state index in [1.54, 1.807) is 0 Å². The van der Waals surface area contributed by atoms with Crippen LogP contribution in [0.2, 0.25) is 0 Å². The summed E-state index contributed by atoms with van der Waals surface area (Å²) in [5, 5.41) is 3.51. The number of nitrogens with one attached hydrogen (secondary N) is 1. The van der Waals surface area contributed by atoms with Crippen LogP contribution in [-0.2, 0) is 0 Å². The molecule has 74 valence electrons. The van der Waals surface area contributed by atoms with Gasteiger partial charge in [-0.2, -0.15) is 0 Å². The predicted molar refractivity (Wildman–Crippen MR) is 58.6 cm³/mol. The largest absolute Gasteiger partial charge is 0.388 e. The summed E-state index contributed by atoms with van der Waals surface area (Å²) in [5.41, 5.74) is 2.93. The first kappa shape index (κ1) is 10.4. The average Bonchev–Trinajstić information content (AvgIpc) is 2.19. The molecule has 1 aliphatic carbocycles. The van der Waals surface area contributed by atoms with E-state index in [0.717, 1.165) is 6.54 Å². The third kappa shape index (κ3) is 3.67. The minimum Gasteiger partial charge on any atom is -0.388 e. The number of hydrogen-bond acceptors (Lipinski definition) is 1. The molecule has 1 nitrogen and oxygen atoms in total. The van der Waals surface area contributed by atoms with Gasteiger partial charge in [0.2, 0.25) is 0 Å². The average molecular weight is 179 g/mol. The van der Waals surface area contributed by atoms with Crippen molar-refractivity contribution in [2.75, 3.05) is 6.54 Å². The molecule has 0 saturated carbocycles. The van der Waals surface area contributed by atoms with Crippen LogP contribution in [0.1, 0.15) is 46.0 Å². The minimum absolute atomic E-state index is 1.14. The topological polar surface area (TPSA) is 12.0 Å². The molecule has 0 atom stereocenters. The molecule has 0 aromatic rings. The highest BCUT2D eigenvalue weighted by molar-refractivity contribution is 5.25. The number of allylic oxidation sites excluding steroid dienone is 4. The van der Waals surface area contributed by atoms with Crippen molar-refractivity contribution >= 4 is 0 Å². The first-order valence-corrected chi connectivity index (χ1v) is 5.46. The predicted octanol–water partition coefficient (Wildman–Crippen LogP) is 3.39. The van der Waals surface area contributed by atoms with Crippen LogP contribution in [0.4, 0.5) is 0 Å². The molecule has 0 spiro atoms. The Kier molecular flexibility index (Phi) is 4.66. The molecule has 13 heavy (non-hydrogen) atoms. The maximum absolute atomic E-state index is 3.51. The van der Waals surface area contributed by atoms with Gasteiger partial charge in [0.05, 0.1) is 0 Å². The Morgan fingerprint density at radius 3 is 3.00 bits per heavy atom. The molecule has 0 aliphatic heterocycles. The highest BCUT2D eigenvalue weighted by Crippen LogP contribution is 2.20. The Morgan fingerprint density at radius 1 is 1.46 bits per heavy atom. The molecule has 0 saturated heterocycles. The van der Waals surface area contributed by atoms with Crippen molar-refractivity contribution in [3.05, 3.63) is 23.4 Å². The van der Waals surface area contributed by atoms with Crippen LogP contribution in [0.25, 0.3) is 0 Å². The van der Waals surface area contributed by atoms with Crippen molar-refractivity contribution in [3.63, 3.8) is 0 Å². The highest BCUT2D eigenvalue weighted by atomic mass is 14.9. The van der Waals surface area contributed by atoms with Gasteiger partial charge in [-0.15, -0.1) is 0 Å². The third-order valence-electron chi connectivity index (χ3n) is 2.52. The zero-order valence-electron chi connectivity index (χ0n) is 8.90. The summed E-state index contributed by atoms with van der Waals surface area (Å²) in [4.78, 5) is 0. The molecule has 0 fully saturated rings. The fourth-order valence-electron chi connectivity index (χ4n) is 1.64. The molecular formula is C12H21N. The normalized spacial score (nSPS) is 20.2. The number of rotatable bonds is 4. The lowest BCUT2D eigenvalue weighted by molar-refractivity contribution is 0.653. The standard InChI is InChI=1S/C12H21N/c1-3-5-9-13-12-8-6-7-11(4-2)10-12/h4,10,13H,3,5-9H2,1-2H3/b11-4-. The highest BCUT2D eigenvalue weighted by Gasteiger charge is 2.05. The third-order valence-corrected chi connectivity index (χ3v) is 2.52. The van der Waals surface area contributed by atoms with E-state index < -0.39 is 0 Å². The summed E-state index contributed by atoms with van der Waals surface area (Å²) in [7, 11) is 0. The summed E-state index contributed by atoms with van der Waals surface area (Å²) < 4.78 is 0. The Balaban J connectivity index is 2.35. The van der Waals surface area contributed by atoms with E-state index in [1.165, 1.54) is 43.4 Å². The van der Waals surface area contributed by atoms with Crippen LogP contribution in [0.5, 0.6) is 0 Å². The van der Waals surface area contributed by atoms with E-state index in [-0.39, 0.29) is 0 Å². The second-order valence-corrected chi connectivity index (χ2v) is 3.67. The lowest BCUT2D eigenvalue weighted by Crippen LogP contribution is -2.16. The molecule has 1 heteroatoms. The van der Waals surface area contributed by atoms with E-state index in [9.17, 15) is 0 Å². The molecule has 0 heterocycles. The van der Waals surface area contributed by atoms with Crippen LogP contribution >= 0.6 is 0 Å². The van der Waals surface area contributed by atoms with Crippen molar-refractivity contribution in [3.8, 4) is 0 Å². The van der Waals surface area contributed by atoms with Gasteiger partial charge < -0.3 is 5.32 Å². The second-order valence-electron chi connectivity index (χ2n) is 3.67. The summed E-state index contributed by atoms with van der Waals surface area (Å²) in [6, 6.07) is 0. The Morgan fingerprint density at radius 2 is 2.31 bits per heavy atom. The van der Waals surface area contributed by atoms with Crippen LogP contribution in [-0.4, -0.2) is 6.54 Å². The Labute approximate surface area is 81.9 Å². The number of unbranched alkanes of at least 4 members (excludes halogenated alkanes) is 1. The van der Waals surface area contributed by atoms with Gasteiger partial charge in [-0.05, 0) is 38.7 Å². The molecule has 0 unspecified atom stereocenters. The maximum atomic E-state index is 3.51. The van der Waals surface area contributed by atoms with E-state index in [4.69, 9.17) is 0 Å². The van der Waals surface area contributed by atoms with Crippen molar-refractivity contribution < 1.29 is 0 Å². The monoisotopic (exact) mass is 179 g/mol. The summed E-state index contributed by atoms with van der Waals surface area (Å²) in [5.74, 6) is 0. The Bertz CT molecular complexity index is 201. The smallest absolute Gasteiger partial charge is 0.0143 e. The molecule has 1 N–H and O–H groups in total. The fraction of sp³-hybridized carbons (Fsp3) is 0.667. The summed E-state index contributed by atoms with van der Waals surface area (Å²) in [6.45, 7) is 5.49. The first-order chi connectivity index (χ1) is 6.36. The van der Waals surface area contributed by atoms with Crippen LogP contribution in [0.3, 0.4) is 0 Å². The lowest BCUT2D eigenvalue weighted by Gasteiger charge is -2.16. The van der Waals surface area contributed by atoms with Crippen molar-refractivity contribution in [1.29, 1.82) is 0 Å². The van der Waals surface area contributed by atoms with E-state index >= 15 is 0 Å². The zero-order chi connectivity index (χ0) is 9.52. The number of hydrogen-bond donors (Lipinski definition) is 1. The molecule has 0 radical (unpaired) electrons.